The van der Waals surface area contributed by atoms with Gasteiger partial charge in [0, 0.05) is 13.1 Å². The Kier molecular flexibility index (Phi) is 7.54. The third kappa shape index (κ3) is 5.25. The monoisotopic (exact) mass is 478 g/mol. The molecular formula is C22H20F2N2O6S. The number of carbonyl (C=O) groups excluding carboxylic acids is 3. The summed E-state index contributed by atoms with van der Waals surface area (Å²) in [6.45, 7) is -0.274. The molecular weight excluding hydrogens is 458 g/mol. The lowest BCUT2D eigenvalue weighted by molar-refractivity contribution is -0.122. The van der Waals surface area contributed by atoms with Gasteiger partial charge in [0.2, 0.25) is 5.75 Å². The number of benzene rings is 2. The molecule has 3 amide bonds. The highest BCUT2D eigenvalue weighted by Gasteiger charge is 2.35. The summed E-state index contributed by atoms with van der Waals surface area (Å²) in [5.74, 6) is -1.89. The minimum Gasteiger partial charge on any atom is -0.493 e. The van der Waals surface area contributed by atoms with Crippen molar-refractivity contribution in [2.75, 3.05) is 34.4 Å². The number of amides is 3. The highest BCUT2D eigenvalue weighted by molar-refractivity contribution is 8.18. The number of hydrogen-bond donors (Lipinski definition) is 1. The Morgan fingerprint density at radius 1 is 1.06 bits per heavy atom. The molecule has 3 rings (SSSR count). The van der Waals surface area contributed by atoms with Crippen LogP contribution in [0.25, 0.3) is 6.08 Å². The van der Waals surface area contributed by atoms with Gasteiger partial charge < -0.3 is 19.5 Å². The molecule has 0 aromatic heterocycles. The molecule has 1 fully saturated rings. The normalized spacial score (nSPS) is 14.6. The second-order valence-electron chi connectivity index (χ2n) is 6.67. The molecule has 0 atom stereocenters. The van der Waals surface area contributed by atoms with E-state index in [1.165, 1.54) is 27.4 Å². The molecule has 2 aromatic carbocycles. The number of hydrogen-bond acceptors (Lipinski definition) is 7. The predicted octanol–water partition coefficient (Wildman–Crippen LogP) is 3.46. The third-order valence-corrected chi connectivity index (χ3v) is 5.56. The van der Waals surface area contributed by atoms with Gasteiger partial charge in [0.1, 0.15) is 11.6 Å². The Morgan fingerprint density at radius 2 is 1.73 bits per heavy atom. The van der Waals surface area contributed by atoms with E-state index in [-0.39, 0.29) is 18.0 Å². The molecule has 11 heteroatoms. The largest absolute Gasteiger partial charge is 0.493 e. The predicted molar refractivity (Wildman–Crippen MR) is 117 cm³/mol. The Labute approximate surface area is 192 Å². The Morgan fingerprint density at radius 3 is 2.33 bits per heavy atom. The number of thioether (sulfide) groups is 1. The van der Waals surface area contributed by atoms with Gasteiger partial charge in [-0.25, -0.2) is 8.78 Å². The maximum absolute atomic E-state index is 13.7. The molecule has 1 heterocycles. The van der Waals surface area contributed by atoms with E-state index in [4.69, 9.17) is 14.2 Å². The minimum absolute atomic E-state index is 0.135. The van der Waals surface area contributed by atoms with Gasteiger partial charge in [-0.05, 0) is 53.7 Å². The first kappa shape index (κ1) is 24.1. The van der Waals surface area contributed by atoms with Gasteiger partial charge in [-0.3, -0.25) is 19.3 Å². The molecule has 8 nitrogen and oxygen atoms in total. The van der Waals surface area contributed by atoms with E-state index in [0.717, 1.165) is 34.9 Å². The second-order valence-corrected chi connectivity index (χ2v) is 7.67. The number of methoxy groups -OCH3 is 3. The van der Waals surface area contributed by atoms with Crippen LogP contribution in [-0.4, -0.2) is 56.4 Å². The molecule has 0 aliphatic carbocycles. The number of carbonyl (C=O) groups is 3. The molecule has 0 radical (unpaired) electrons. The van der Waals surface area contributed by atoms with Crippen molar-refractivity contribution in [3.8, 4) is 17.2 Å². The van der Waals surface area contributed by atoms with Gasteiger partial charge in [-0.2, -0.15) is 0 Å². The highest BCUT2D eigenvalue weighted by Crippen LogP contribution is 2.40. The lowest BCUT2D eigenvalue weighted by Crippen LogP contribution is -2.37. The van der Waals surface area contributed by atoms with Gasteiger partial charge >= 0.3 is 0 Å². The highest BCUT2D eigenvalue weighted by atomic mass is 32.2. The molecule has 0 spiro atoms. The van der Waals surface area contributed by atoms with E-state index in [2.05, 4.69) is 5.32 Å². The van der Waals surface area contributed by atoms with E-state index in [1.54, 1.807) is 12.1 Å². The van der Waals surface area contributed by atoms with Crippen molar-refractivity contribution in [2.45, 2.75) is 0 Å². The van der Waals surface area contributed by atoms with Crippen LogP contribution in [0, 0.1) is 11.6 Å². The maximum atomic E-state index is 13.7. The van der Waals surface area contributed by atoms with Crippen LogP contribution in [0.5, 0.6) is 17.2 Å². The van der Waals surface area contributed by atoms with Gasteiger partial charge in [-0.15, -0.1) is 0 Å². The third-order valence-electron chi connectivity index (χ3n) is 4.65. The van der Waals surface area contributed by atoms with Gasteiger partial charge in [0.05, 0.1) is 31.8 Å². The summed E-state index contributed by atoms with van der Waals surface area (Å²) in [5.41, 5.74) is 0.0799. The maximum Gasteiger partial charge on any atom is 0.293 e. The second kappa shape index (κ2) is 10.3. The van der Waals surface area contributed by atoms with Crippen LogP contribution in [-0.2, 0) is 4.79 Å². The molecule has 0 saturated carbocycles. The quantitative estimate of drug-likeness (QED) is 0.581. The van der Waals surface area contributed by atoms with Crippen LogP contribution in [0.1, 0.15) is 15.9 Å². The van der Waals surface area contributed by atoms with Gasteiger partial charge in [0.25, 0.3) is 17.1 Å². The number of ether oxygens (including phenoxy) is 3. The van der Waals surface area contributed by atoms with Crippen molar-refractivity contribution < 1.29 is 37.4 Å². The molecule has 1 aliphatic heterocycles. The first-order valence-corrected chi connectivity index (χ1v) is 10.4. The summed E-state index contributed by atoms with van der Waals surface area (Å²) >= 11 is 0.736. The van der Waals surface area contributed by atoms with Crippen molar-refractivity contribution in [2.24, 2.45) is 0 Å². The van der Waals surface area contributed by atoms with E-state index in [1.807, 2.05) is 0 Å². The van der Waals surface area contributed by atoms with Crippen molar-refractivity contribution in [1.29, 1.82) is 0 Å². The summed E-state index contributed by atoms with van der Waals surface area (Å²) in [6.07, 6.45) is 1.51. The zero-order valence-corrected chi connectivity index (χ0v) is 18.8. The van der Waals surface area contributed by atoms with Crippen molar-refractivity contribution in [3.05, 3.63) is 58.0 Å². The van der Waals surface area contributed by atoms with Crippen LogP contribution >= 0.6 is 11.8 Å². The van der Waals surface area contributed by atoms with Gasteiger partial charge in [-0.1, -0.05) is 0 Å². The summed E-state index contributed by atoms with van der Waals surface area (Å²) in [4.78, 5) is 38.2. The first-order chi connectivity index (χ1) is 15.8. The lowest BCUT2D eigenvalue weighted by atomic mass is 10.1. The average Bonchev–Trinajstić information content (AvgIpc) is 3.06. The number of nitrogens with zero attached hydrogens (tertiary/aromatic N) is 1. The van der Waals surface area contributed by atoms with Crippen LogP contribution in [0.15, 0.2) is 35.2 Å². The first-order valence-electron chi connectivity index (χ1n) is 9.57. The van der Waals surface area contributed by atoms with Crippen molar-refractivity contribution >= 4 is 34.9 Å². The van der Waals surface area contributed by atoms with E-state index in [9.17, 15) is 23.2 Å². The minimum atomic E-state index is -0.881. The Bertz CT molecular complexity index is 1110. The fourth-order valence-electron chi connectivity index (χ4n) is 3.08. The van der Waals surface area contributed by atoms with Gasteiger partial charge in [0.15, 0.2) is 11.5 Å². The molecule has 0 unspecified atom stereocenters. The molecule has 0 bridgehead atoms. The smallest absolute Gasteiger partial charge is 0.293 e. The average molecular weight is 478 g/mol. The Hall–Kier alpha value is -3.60. The van der Waals surface area contributed by atoms with Crippen LogP contribution in [0.3, 0.4) is 0 Å². The number of imide groups is 1. The van der Waals surface area contributed by atoms with E-state index in [0.29, 0.717) is 22.8 Å². The molecule has 174 valence electrons. The zero-order valence-electron chi connectivity index (χ0n) is 17.9. The summed E-state index contributed by atoms with van der Waals surface area (Å²) in [5, 5.41) is 1.85. The van der Waals surface area contributed by atoms with E-state index < -0.39 is 34.3 Å². The molecule has 2 aromatic rings. The Balaban J connectivity index is 1.70. The fraction of sp³-hybridized carbons (Fsp3) is 0.227. The van der Waals surface area contributed by atoms with Crippen molar-refractivity contribution in [3.63, 3.8) is 0 Å². The molecule has 1 N–H and O–H groups in total. The van der Waals surface area contributed by atoms with E-state index >= 15 is 0 Å². The number of nitrogens with one attached hydrogen (secondary N) is 1. The standard InChI is InChI=1S/C22H20F2N2O6S/c1-30-16-8-12(9-17(31-2)19(16)32-3)10-18-21(28)26(22(29)33-18)7-6-25-20(27)14-11-13(23)4-5-15(14)24/h4-5,8-11H,6-7H2,1-3H3,(H,25,27)/b18-10-. The fourth-order valence-corrected chi connectivity index (χ4v) is 3.94. The van der Waals surface area contributed by atoms with Crippen LogP contribution in [0.4, 0.5) is 13.6 Å². The molecule has 1 saturated heterocycles. The zero-order chi connectivity index (χ0) is 24.1. The summed E-state index contributed by atoms with van der Waals surface area (Å²) in [7, 11) is 4.38. The van der Waals surface area contributed by atoms with Crippen LogP contribution < -0.4 is 19.5 Å². The molecule has 33 heavy (non-hydrogen) atoms. The van der Waals surface area contributed by atoms with Crippen molar-refractivity contribution in [1.82, 2.24) is 10.2 Å². The molecule has 1 aliphatic rings. The number of rotatable bonds is 8. The number of halogens is 2. The summed E-state index contributed by atoms with van der Waals surface area (Å²) in [6, 6.07) is 5.76. The SMILES string of the molecule is COc1cc(/C=C2\SC(=O)N(CCNC(=O)c3cc(F)ccc3F)C2=O)cc(OC)c1OC. The summed E-state index contributed by atoms with van der Waals surface area (Å²) < 4.78 is 42.8. The van der Waals surface area contributed by atoms with Crippen LogP contribution in [0.2, 0.25) is 0 Å². The topological polar surface area (TPSA) is 94.2 Å². The lowest BCUT2D eigenvalue weighted by Gasteiger charge is -2.14.